The van der Waals surface area contributed by atoms with Gasteiger partial charge < -0.3 is 10.5 Å². The van der Waals surface area contributed by atoms with Crippen LogP contribution in [0.5, 0.6) is 5.88 Å². The van der Waals surface area contributed by atoms with Crippen LogP contribution in [0.3, 0.4) is 0 Å². The van der Waals surface area contributed by atoms with Crippen molar-refractivity contribution in [2.75, 3.05) is 5.73 Å². The minimum Gasteiger partial charge on any atom is -0.472 e. The van der Waals surface area contributed by atoms with Crippen molar-refractivity contribution in [3.8, 4) is 5.88 Å². The van der Waals surface area contributed by atoms with Crippen LogP contribution in [0.25, 0.3) is 0 Å². The molecule has 0 fully saturated rings. The monoisotopic (exact) mass is 279 g/mol. The van der Waals surface area contributed by atoms with Gasteiger partial charge in [-0.1, -0.05) is 28.1 Å². The van der Waals surface area contributed by atoms with Crippen molar-refractivity contribution in [3.05, 3.63) is 46.4 Å². The third-order valence-electron chi connectivity index (χ3n) is 1.96. The summed E-state index contributed by atoms with van der Waals surface area (Å²) in [4.78, 5) is 0. The molecule has 2 rings (SSSR count). The first-order valence-electron chi connectivity index (χ1n) is 4.70. The number of anilines is 1. The number of ether oxygens (including phenoxy) is 1. The Hall–Kier alpha value is -1.62. The van der Waals surface area contributed by atoms with Gasteiger partial charge in [-0.25, -0.2) is 0 Å². The highest BCUT2D eigenvalue weighted by atomic mass is 79.9. The lowest BCUT2D eigenvalue weighted by Gasteiger charge is -2.04. The molecule has 0 atom stereocenters. The molecule has 5 heteroatoms. The first kappa shape index (κ1) is 10.9. The highest BCUT2D eigenvalue weighted by molar-refractivity contribution is 9.10. The second-order valence-corrected chi connectivity index (χ2v) is 4.13. The van der Waals surface area contributed by atoms with E-state index >= 15 is 0 Å². The van der Waals surface area contributed by atoms with Crippen molar-refractivity contribution >= 4 is 21.7 Å². The molecule has 0 aliphatic rings. The molecule has 0 unspecified atom stereocenters. The van der Waals surface area contributed by atoms with Gasteiger partial charge >= 0.3 is 0 Å². The van der Waals surface area contributed by atoms with E-state index in [1.54, 1.807) is 12.1 Å². The molecule has 0 aliphatic heterocycles. The molecule has 0 saturated heterocycles. The van der Waals surface area contributed by atoms with Crippen molar-refractivity contribution in [3.63, 3.8) is 0 Å². The summed E-state index contributed by atoms with van der Waals surface area (Å²) in [6.07, 6.45) is 0. The summed E-state index contributed by atoms with van der Waals surface area (Å²) >= 11 is 3.37. The van der Waals surface area contributed by atoms with Crippen molar-refractivity contribution in [2.45, 2.75) is 6.61 Å². The standard InChI is InChI=1S/C11H10BrN3O/c12-9-3-1-8(2-4-9)7-16-11-6-5-10(13)14-15-11/h1-6H,7H2,(H2,13,14). The fourth-order valence-electron chi connectivity index (χ4n) is 1.15. The fourth-order valence-corrected chi connectivity index (χ4v) is 1.41. The largest absolute Gasteiger partial charge is 0.472 e. The first-order valence-corrected chi connectivity index (χ1v) is 5.50. The van der Waals surface area contributed by atoms with Crippen LogP contribution < -0.4 is 10.5 Å². The van der Waals surface area contributed by atoms with E-state index in [1.165, 1.54) is 0 Å². The summed E-state index contributed by atoms with van der Waals surface area (Å²) in [6.45, 7) is 0.464. The Kier molecular flexibility index (Phi) is 3.36. The summed E-state index contributed by atoms with van der Waals surface area (Å²) in [5.41, 5.74) is 6.49. The molecular weight excluding hydrogens is 270 g/mol. The summed E-state index contributed by atoms with van der Waals surface area (Å²) < 4.78 is 6.49. The molecule has 2 N–H and O–H groups in total. The molecule has 1 heterocycles. The molecule has 1 aromatic carbocycles. The SMILES string of the molecule is Nc1ccc(OCc2ccc(Br)cc2)nn1. The van der Waals surface area contributed by atoms with E-state index < -0.39 is 0 Å². The summed E-state index contributed by atoms with van der Waals surface area (Å²) in [5, 5.41) is 7.51. The van der Waals surface area contributed by atoms with Crippen molar-refractivity contribution in [1.29, 1.82) is 0 Å². The smallest absolute Gasteiger partial charge is 0.233 e. The van der Waals surface area contributed by atoms with Crippen LogP contribution in [-0.4, -0.2) is 10.2 Å². The lowest BCUT2D eigenvalue weighted by atomic mass is 10.2. The fraction of sp³-hybridized carbons (Fsp3) is 0.0909. The van der Waals surface area contributed by atoms with Gasteiger partial charge in [0.05, 0.1) is 0 Å². The van der Waals surface area contributed by atoms with Crippen LogP contribution in [0.4, 0.5) is 5.82 Å². The van der Waals surface area contributed by atoms with Crippen molar-refractivity contribution in [2.24, 2.45) is 0 Å². The van der Waals surface area contributed by atoms with Crippen molar-refractivity contribution in [1.82, 2.24) is 10.2 Å². The number of nitrogens with two attached hydrogens (primary N) is 1. The zero-order valence-corrected chi connectivity index (χ0v) is 10.0. The van der Waals surface area contributed by atoms with Crippen molar-refractivity contribution < 1.29 is 4.74 Å². The van der Waals surface area contributed by atoms with Gasteiger partial charge in [-0.2, -0.15) is 0 Å². The van der Waals surface area contributed by atoms with Gasteiger partial charge in [0.1, 0.15) is 12.4 Å². The van der Waals surface area contributed by atoms with Crippen LogP contribution in [0, 0.1) is 0 Å². The average Bonchev–Trinajstić information content (AvgIpc) is 2.30. The van der Waals surface area contributed by atoms with Crippen LogP contribution in [-0.2, 0) is 6.61 Å². The maximum absolute atomic E-state index is 5.44. The van der Waals surface area contributed by atoms with E-state index in [2.05, 4.69) is 26.1 Å². The van der Waals surface area contributed by atoms with E-state index in [-0.39, 0.29) is 0 Å². The van der Waals surface area contributed by atoms with E-state index in [0.717, 1.165) is 10.0 Å². The maximum Gasteiger partial charge on any atom is 0.233 e. The number of hydrogen-bond donors (Lipinski definition) is 1. The Bertz CT molecular complexity index is 410. The molecule has 0 bridgehead atoms. The molecule has 0 saturated carbocycles. The molecule has 0 aliphatic carbocycles. The maximum atomic E-state index is 5.44. The highest BCUT2D eigenvalue weighted by Crippen LogP contribution is 2.13. The normalized spacial score (nSPS) is 10.1. The van der Waals surface area contributed by atoms with Crippen LogP contribution in [0.15, 0.2) is 40.9 Å². The molecule has 0 amide bonds. The van der Waals surface area contributed by atoms with E-state index in [4.69, 9.17) is 10.5 Å². The Balaban J connectivity index is 1.97. The van der Waals surface area contributed by atoms with Gasteiger partial charge in [-0.15, -0.1) is 10.2 Å². The second-order valence-electron chi connectivity index (χ2n) is 3.21. The molecule has 16 heavy (non-hydrogen) atoms. The summed E-state index contributed by atoms with van der Waals surface area (Å²) in [5.74, 6) is 0.855. The topological polar surface area (TPSA) is 61.0 Å². The second kappa shape index (κ2) is 4.94. The van der Waals surface area contributed by atoms with Gasteiger partial charge in [0.15, 0.2) is 0 Å². The molecule has 82 valence electrons. The number of nitrogens with zero attached hydrogens (tertiary/aromatic N) is 2. The third kappa shape index (κ3) is 2.93. The predicted molar refractivity (Wildman–Crippen MR) is 64.9 cm³/mol. The van der Waals surface area contributed by atoms with Gasteiger partial charge in [-0.3, -0.25) is 0 Å². The van der Waals surface area contributed by atoms with E-state index in [1.807, 2.05) is 24.3 Å². The number of nitrogen functional groups attached to an aromatic ring is 1. The first-order chi connectivity index (χ1) is 7.74. The summed E-state index contributed by atoms with van der Waals surface area (Å²) in [7, 11) is 0. The number of hydrogen-bond acceptors (Lipinski definition) is 4. The Morgan fingerprint density at radius 3 is 2.44 bits per heavy atom. The van der Waals surface area contributed by atoms with Crippen LogP contribution in [0.1, 0.15) is 5.56 Å². The minimum atomic E-state index is 0.385. The van der Waals surface area contributed by atoms with E-state index in [9.17, 15) is 0 Å². The average molecular weight is 280 g/mol. The predicted octanol–water partition coefficient (Wildman–Crippen LogP) is 2.40. The molecule has 0 radical (unpaired) electrons. The number of benzene rings is 1. The summed E-state index contributed by atoms with van der Waals surface area (Å²) in [6, 6.07) is 11.2. The van der Waals surface area contributed by atoms with Gasteiger partial charge in [0.25, 0.3) is 0 Å². The molecule has 0 spiro atoms. The lowest BCUT2D eigenvalue weighted by molar-refractivity contribution is 0.290. The van der Waals surface area contributed by atoms with Gasteiger partial charge in [0, 0.05) is 10.5 Å². The lowest BCUT2D eigenvalue weighted by Crippen LogP contribution is -1.99. The Labute approximate surface area is 102 Å². The third-order valence-corrected chi connectivity index (χ3v) is 2.49. The molecular formula is C11H10BrN3O. The minimum absolute atomic E-state index is 0.385. The molecule has 2 aromatic rings. The molecule has 1 aromatic heterocycles. The molecule has 4 nitrogen and oxygen atoms in total. The van der Waals surface area contributed by atoms with Gasteiger partial charge in [-0.05, 0) is 23.8 Å². The van der Waals surface area contributed by atoms with Gasteiger partial charge in [0.2, 0.25) is 5.88 Å². The Morgan fingerprint density at radius 1 is 1.06 bits per heavy atom. The number of aromatic nitrogens is 2. The van der Waals surface area contributed by atoms with Crippen LogP contribution >= 0.6 is 15.9 Å². The number of rotatable bonds is 3. The van der Waals surface area contributed by atoms with Crippen LogP contribution in [0.2, 0.25) is 0 Å². The number of halogens is 1. The zero-order valence-electron chi connectivity index (χ0n) is 8.43. The quantitative estimate of drug-likeness (QED) is 0.937. The highest BCUT2D eigenvalue weighted by Gasteiger charge is 1.97. The Morgan fingerprint density at radius 2 is 1.81 bits per heavy atom. The van der Waals surface area contributed by atoms with E-state index in [0.29, 0.717) is 18.3 Å². The zero-order chi connectivity index (χ0) is 11.4.